The molecule has 0 spiro atoms. The fourth-order valence-electron chi connectivity index (χ4n) is 2.20. The first-order valence-electron chi connectivity index (χ1n) is 7.44. The van der Waals surface area contributed by atoms with Crippen LogP contribution in [0.25, 0.3) is 0 Å². The number of aldehydes is 2. The van der Waals surface area contributed by atoms with E-state index in [0.29, 0.717) is 38.4 Å². The lowest BCUT2D eigenvalue weighted by Gasteiger charge is -2.29. The minimum atomic E-state index is -1.13. The molecule has 0 aliphatic rings. The Kier molecular flexibility index (Phi) is 11.7. The Morgan fingerprint density at radius 1 is 1.04 bits per heavy atom. The van der Waals surface area contributed by atoms with E-state index in [0.717, 1.165) is 0 Å². The maximum Gasteiger partial charge on any atom is 0.320 e. The molecular formula is C14H25N3O6. The summed E-state index contributed by atoms with van der Waals surface area (Å²) in [6.07, 6.45) is 2.81. The number of unbranched alkanes of at least 4 members (excludes halogenated alkanes) is 1. The van der Waals surface area contributed by atoms with Crippen molar-refractivity contribution in [2.24, 2.45) is 5.73 Å². The highest BCUT2D eigenvalue weighted by molar-refractivity contribution is 5.75. The summed E-state index contributed by atoms with van der Waals surface area (Å²) in [5.41, 5.74) is 5.38. The number of carboxylic acid groups (broad SMARTS) is 2. The van der Waals surface area contributed by atoms with Crippen LogP contribution in [0, 0.1) is 0 Å². The normalized spacial score (nSPS) is 12.3. The molecule has 0 amide bonds. The van der Waals surface area contributed by atoms with E-state index in [1.807, 2.05) is 0 Å². The monoisotopic (exact) mass is 331 g/mol. The van der Waals surface area contributed by atoms with E-state index >= 15 is 0 Å². The first-order chi connectivity index (χ1) is 11.0. The zero-order valence-corrected chi connectivity index (χ0v) is 13.1. The van der Waals surface area contributed by atoms with Gasteiger partial charge in [0.15, 0.2) is 0 Å². The second-order valence-electron chi connectivity index (χ2n) is 5.10. The maximum absolute atomic E-state index is 11.4. The van der Waals surface area contributed by atoms with Crippen LogP contribution in [0.15, 0.2) is 0 Å². The van der Waals surface area contributed by atoms with Crippen molar-refractivity contribution in [3.8, 4) is 0 Å². The van der Waals surface area contributed by atoms with Crippen LogP contribution in [-0.2, 0) is 19.2 Å². The van der Waals surface area contributed by atoms with Crippen LogP contribution in [0.4, 0.5) is 0 Å². The predicted octanol–water partition coefficient (Wildman–Crippen LogP) is -1.34. The number of hydrogen-bond acceptors (Lipinski definition) is 7. The first kappa shape index (κ1) is 21.2. The van der Waals surface area contributed by atoms with Gasteiger partial charge in [-0.2, -0.15) is 0 Å². The summed E-state index contributed by atoms with van der Waals surface area (Å²) in [5.74, 6) is -2.23. The molecule has 0 bridgehead atoms. The minimum Gasteiger partial charge on any atom is -0.480 e. The molecule has 0 saturated carbocycles. The van der Waals surface area contributed by atoms with E-state index in [1.54, 1.807) is 0 Å². The lowest BCUT2D eigenvalue weighted by Crippen LogP contribution is -2.47. The first-order valence-corrected chi connectivity index (χ1v) is 7.44. The highest BCUT2D eigenvalue weighted by Gasteiger charge is 2.27. The van der Waals surface area contributed by atoms with Crippen LogP contribution in [-0.4, -0.2) is 89.8 Å². The van der Waals surface area contributed by atoms with Gasteiger partial charge in [0.1, 0.15) is 18.6 Å². The lowest BCUT2D eigenvalue weighted by molar-refractivity contribution is -0.147. The molecule has 0 aliphatic heterocycles. The molecule has 0 rings (SSSR count). The van der Waals surface area contributed by atoms with Crippen molar-refractivity contribution < 1.29 is 29.4 Å². The molecule has 9 nitrogen and oxygen atoms in total. The molecular weight excluding hydrogens is 306 g/mol. The second-order valence-corrected chi connectivity index (χ2v) is 5.10. The summed E-state index contributed by atoms with van der Waals surface area (Å²) >= 11 is 0. The van der Waals surface area contributed by atoms with Gasteiger partial charge in [0.25, 0.3) is 0 Å². The number of nitrogens with two attached hydrogens (primary N) is 1. The molecule has 4 N–H and O–H groups in total. The number of carbonyl (C=O) groups excluding carboxylic acids is 2. The third-order valence-electron chi connectivity index (χ3n) is 3.36. The molecule has 0 fully saturated rings. The number of nitrogens with zero attached hydrogens (tertiary/aromatic N) is 2. The van der Waals surface area contributed by atoms with E-state index in [2.05, 4.69) is 0 Å². The molecule has 1 unspecified atom stereocenters. The third-order valence-corrected chi connectivity index (χ3v) is 3.36. The van der Waals surface area contributed by atoms with Gasteiger partial charge < -0.3 is 25.5 Å². The van der Waals surface area contributed by atoms with E-state index in [-0.39, 0.29) is 26.2 Å². The van der Waals surface area contributed by atoms with Crippen molar-refractivity contribution in [2.75, 3.05) is 39.3 Å². The van der Waals surface area contributed by atoms with Crippen LogP contribution in [0.2, 0.25) is 0 Å². The topological polar surface area (TPSA) is 141 Å². The zero-order chi connectivity index (χ0) is 17.7. The number of hydrogen-bond donors (Lipinski definition) is 3. The highest BCUT2D eigenvalue weighted by Crippen LogP contribution is 2.10. The van der Waals surface area contributed by atoms with Gasteiger partial charge in [-0.1, -0.05) is 6.42 Å². The average Bonchev–Trinajstić information content (AvgIpc) is 2.48. The Bertz CT molecular complexity index is 381. The van der Waals surface area contributed by atoms with E-state index in [1.165, 1.54) is 9.80 Å². The van der Waals surface area contributed by atoms with Gasteiger partial charge >= 0.3 is 11.9 Å². The van der Waals surface area contributed by atoms with Crippen molar-refractivity contribution in [2.45, 2.75) is 25.3 Å². The zero-order valence-electron chi connectivity index (χ0n) is 13.1. The quantitative estimate of drug-likeness (QED) is 0.245. The van der Waals surface area contributed by atoms with Crippen molar-refractivity contribution >= 4 is 24.5 Å². The maximum atomic E-state index is 11.4. The fourth-order valence-corrected chi connectivity index (χ4v) is 2.20. The number of carbonyl (C=O) groups is 4. The summed E-state index contributed by atoms with van der Waals surface area (Å²) < 4.78 is 0. The molecule has 23 heavy (non-hydrogen) atoms. The Labute approximate surface area is 135 Å². The summed E-state index contributed by atoms with van der Waals surface area (Å²) in [6.45, 7) is 0.446. The Balaban J connectivity index is 4.84. The van der Waals surface area contributed by atoms with Gasteiger partial charge in [-0.05, 0) is 19.4 Å². The van der Waals surface area contributed by atoms with Gasteiger partial charge in [-0.25, -0.2) is 0 Å². The highest BCUT2D eigenvalue weighted by atomic mass is 16.4. The largest absolute Gasteiger partial charge is 0.480 e. The minimum absolute atomic E-state index is 0.0323. The van der Waals surface area contributed by atoms with E-state index < -0.39 is 24.5 Å². The Hall–Kier alpha value is -1.84. The van der Waals surface area contributed by atoms with Crippen LogP contribution in [0.3, 0.4) is 0 Å². The van der Waals surface area contributed by atoms with Crippen LogP contribution >= 0.6 is 0 Å². The molecule has 0 heterocycles. The van der Waals surface area contributed by atoms with Gasteiger partial charge in [0, 0.05) is 13.1 Å². The Morgan fingerprint density at radius 3 is 2.09 bits per heavy atom. The molecule has 0 aromatic carbocycles. The van der Waals surface area contributed by atoms with E-state index in [4.69, 9.17) is 10.8 Å². The van der Waals surface area contributed by atoms with Gasteiger partial charge in [-0.3, -0.25) is 19.4 Å². The van der Waals surface area contributed by atoms with Crippen molar-refractivity contribution in [3.63, 3.8) is 0 Å². The second kappa shape index (κ2) is 12.7. The summed E-state index contributed by atoms with van der Waals surface area (Å²) in [4.78, 5) is 46.4. The van der Waals surface area contributed by atoms with Crippen molar-refractivity contribution in [3.05, 3.63) is 0 Å². The molecule has 1 atom stereocenters. The molecule has 0 aromatic heterocycles. The van der Waals surface area contributed by atoms with Gasteiger partial charge in [0.05, 0.1) is 19.6 Å². The summed E-state index contributed by atoms with van der Waals surface area (Å²) in [7, 11) is 0. The average molecular weight is 331 g/mol. The number of carboxylic acids is 2. The third kappa shape index (κ3) is 9.72. The standard InChI is InChI=1S/C14H25N3O6/c15-4-2-1-3-12(14(22)23)17(11-13(20)21)6-5-16(7-9-18)8-10-19/h9-10,12H,1-8,11,15H2,(H,20,21)(H,22,23). The molecule has 132 valence electrons. The SMILES string of the molecule is NCCCCC(C(=O)O)N(CCN(CC=O)CC=O)CC(=O)O. The Morgan fingerprint density at radius 2 is 1.65 bits per heavy atom. The molecule has 0 aromatic rings. The molecule has 9 heteroatoms. The summed E-state index contributed by atoms with van der Waals surface area (Å²) in [6, 6.07) is -0.938. The van der Waals surface area contributed by atoms with Crippen molar-refractivity contribution in [1.82, 2.24) is 9.80 Å². The molecule has 0 saturated heterocycles. The number of aliphatic carboxylic acids is 2. The number of rotatable bonds is 15. The fraction of sp³-hybridized carbons (Fsp3) is 0.714. The van der Waals surface area contributed by atoms with Gasteiger partial charge in [0.2, 0.25) is 0 Å². The van der Waals surface area contributed by atoms with Crippen LogP contribution < -0.4 is 5.73 Å². The molecule has 0 radical (unpaired) electrons. The van der Waals surface area contributed by atoms with Crippen molar-refractivity contribution in [1.29, 1.82) is 0 Å². The predicted molar refractivity (Wildman–Crippen MR) is 82.1 cm³/mol. The lowest BCUT2D eigenvalue weighted by atomic mass is 10.1. The smallest absolute Gasteiger partial charge is 0.320 e. The van der Waals surface area contributed by atoms with E-state index in [9.17, 15) is 24.3 Å². The van der Waals surface area contributed by atoms with Crippen LogP contribution in [0.1, 0.15) is 19.3 Å². The van der Waals surface area contributed by atoms with Gasteiger partial charge in [-0.15, -0.1) is 0 Å². The molecule has 0 aliphatic carbocycles. The van der Waals surface area contributed by atoms with Crippen LogP contribution in [0.5, 0.6) is 0 Å². The summed E-state index contributed by atoms with van der Waals surface area (Å²) in [5, 5.41) is 18.3.